The summed E-state index contributed by atoms with van der Waals surface area (Å²) in [6.45, 7) is 8.17. The van der Waals surface area contributed by atoms with Gasteiger partial charge in [0.1, 0.15) is 6.04 Å². The van der Waals surface area contributed by atoms with Gasteiger partial charge in [0.05, 0.1) is 5.75 Å². The van der Waals surface area contributed by atoms with Gasteiger partial charge >= 0.3 is 0 Å². The molecule has 0 heterocycles. The van der Waals surface area contributed by atoms with Gasteiger partial charge in [0.2, 0.25) is 11.8 Å². The van der Waals surface area contributed by atoms with Crippen molar-refractivity contribution in [1.82, 2.24) is 10.2 Å². The van der Waals surface area contributed by atoms with Crippen LogP contribution in [0.4, 0.5) is 0 Å². The predicted octanol–water partition coefficient (Wildman–Crippen LogP) is 5.87. The number of hydrogen-bond acceptors (Lipinski definition) is 3. The Balaban J connectivity index is 2.08. The van der Waals surface area contributed by atoms with E-state index in [2.05, 4.69) is 5.32 Å². The van der Waals surface area contributed by atoms with Crippen molar-refractivity contribution in [2.75, 3.05) is 5.75 Å². The zero-order valence-corrected chi connectivity index (χ0v) is 20.8. The average Bonchev–Trinajstić information content (AvgIpc) is 2.74. The van der Waals surface area contributed by atoms with Crippen molar-refractivity contribution < 1.29 is 9.59 Å². The second kappa shape index (κ2) is 12.4. The molecule has 4 nitrogen and oxygen atoms in total. The number of carbonyl (C=O) groups is 2. The van der Waals surface area contributed by atoms with Crippen molar-refractivity contribution >= 4 is 46.8 Å². The molecular formula is C24H30Cl2N2O2S. The normalized spacial score (nSPS) is 12.8. The first-order chi connectivity index (χ1) is 14.7. The third-order valence-corrected chi connectivity index (χ3v) is 6.69. The molecule has 31 heavy (non-hydrogen) atoms. The highest BCUT2D eigenvalue weighted by molar-refractivity contribution is 7.99. The Kier molecular flexibility index (Phi) is 10.2. The Labute approximate surface area is 199 Å². The van der Waals surface area contributed by atoms with E-state index in [0.717, 1.165) is 23.1 Å². The van der Waals surface area contributed by atoms with Crippen LogP contribution < -0.4 is 5.32 Å². The number of rotatable bonds is 10. The molecular weight excluding hydrogens is 451 g/mol. The number of thioether (sulfide) groups is 1. The third-order valence-electron chi connectivity index (χ3n) is 5.14. The largest absolute Gasteiger partial charge is 0.352 e. The molecule has 0 aliphatic rings. The Morgan fingerprint density at radius 3 is 2.39 bits per heavy atom. The maximum Gasteiger partial charge on any atom is 0.242 e. The molecule has 0 aromatic heterocycles. The maximum absolute atomic E-state index is 13.1. The number of nitrogens with zero attached hydrogens (tertiary/aromatic N) is 1. The lowest BCUT2D eigenvalue weighted by Gasteiger charge is -2.29. The molecule has 0 spiro atoms. The van der Waals surface area contributed by atoms with Gasteiger partial charge in [-0.05, 0) is 50.5 Å². The van der Waals surface area contributed by atoms with E-state index in [0.29, 0.717) is 22.3 Å². The Morgan fingerprint density at radius 1 is 1.10 bits per heavy atom. The van der Waals surface area contributed by atoms with E-state index < -0.39 is 6.04 Å². The molecule has 7 heteroatoms. The molecule has 1 N–H and O–H groups in total. The van der Waals surface area contributed by atoms with Crippen molar-refractivity contribution in [3.63, 3.8) is 0 Å². The number of amides is 2. The molecule has 0 fully saturated rings. The Morgan fingerprint density at radius 2 is 1.77 bits per heavy atom. The zero-order chi connectivity index (χ0) is 23.0. The van der Waals surface area contributed by atoms with Crippen LogP contribution in [0, 0.1) is 6.92 Å². The molecule has 0 bridgehead atoms. The van der Waals surface area contributed by atoms with Gasteiger partial charge in [-0.3, -0.25) is 9.59 Å². The summed E-state index contributed by atoms with van der Waals surface area (Å²) in [7, 11) is 0. The van der Waals surface area contributed by atoms with E-state index in [1.54, 1.807) is 24.0 Å². The molecule has 0 radical (unpaired) electrons. The van der Waals surface area contributed by atoms with Gasteiger partial charge in [0.25, 0.3) is 0 Å². The quantitative estimate of drug-likeness (QED) is 0.462. The van der Waals surface area contributed by atoms with Gasteiger partial charge in [0.15, 0.2) is 0 Å². The lowest BCUT2D eigenvalue weighted by molar-refractivity contribution is -0.138. The lowest BCUT2D eigenvalue weighted by atomic mass is 10.1. The van der Waals surface area contributed by atoms with E-state index in [1.165, 1.54) is 11.8 Å². The zero-order valence-electron chi connectivity index (χ0n) is 18.5. The third kappa shape index (κ3) is 8.06. The molecule has 0 aliphatic carbocycles. The first-order valence-corrected chi connectivity index (χ1v) is 12.3. The standard InChI is InChI=1S/C24H30Cl2N2O2S/c1-5-17(3)27-24(30)18(4)28(13-19-8-6-16(2)7-9-19)23(29)15-31-14-20-10-11-21(25)12-22(20)26/h6-12,17-18H,5,13-15H2,1-4H3,(H,27,30)/t17-,18+/m1/s1. The molecule has 2 rings (SSSR count). The van der Waals surface area contributed by atoms with E-state index in [-0.39, 0.29) is 23.6 Å². The molecule has 2 aromatic rings. The summed E-state index contributed by atoms with van der Waals surface area (Å²) in [6.07, 6.45) is 0.835. The highest BCUT2D eigenvalue weighted by Crippen LogP contribution is 2.25. The highest BCUT2D eigenvalue weighted by Gasteiger charge is 2.26. The summed E-state index contributed by atoms with van der Waals surface area (Å²) < 4.78 is 0. The Bertz CT molecular complexity index is 890. The van der Waals surface area contributed by atoms with E-state index in [4.69, 9.17) is 23.2 Å². The van der Waals surface area contributed by atoms with Crippen LogP contribution in [-0.2, 0) is 21.9 Å². The van der Waals surface area contributed by atoms with Gasteiger partial charge in [-0.25, -0.2) is 0 Å². The monoisotopic (exact) mass is 480 g/mol. The van der Waals surface area contributed by atoms with Crippen molar-refractivity contribution in [3.8, 4) is 0 Å². The van der Waals surface area contributed by atoms with Crippen LogP contribution in [0.5, 0.6) is 0 Å². The van der Waals surface area contributed by atoms with Gasteiger partial charge < -0.3 is 10.2 Å². The van der Waals surface area contributed by atoms with Crippen LogP contribution in [0.15, 0.2) is 42.5 Å². The van der Waals surface area contributed by atoms with Crippen LogP contribution in [0.1, 0.15) is 43.9 Å². The molecule has 0 saturated heterocycles. The first-order valence-electron chi connectivity index (χ1n) is 10.4. The van der Waals surface area contributed by atoms with Crippen LogP contribution in [-0.4, -0.2) is 34.6 Å². The average molecular weight is 481 g/mol. The maximum atomic E-state index is 13.1. The second-order valence-electron chi connectivity index (χ2n) is 7.73. The summed E-state index contributed by atoms with van der Waals surface area (Å²) in [5, 5.41) is 4.16. The summed E-state index contributed by atoms with van der Waals surface area (Å²) in [5.41, 5.74) is 3.07. The van der Waals surface area contributed by atoms with Gasteiger partial charge in [-0.1, -0.05) is 66.0 Å². The number of nitrogens with one attached hydrogen (secondary N) is 1. The summed E-state index contributed by atoms with van der Waals surface area (Å²) in [5.74, 6) is 0.627. The van der Waals surface area contributed by atoms with Crippen LogP contribution in [0.3, 0.4) is 0 Å². The van der Waals surface area contributed by atoms with Crippen molar-refractivity contribution in [2.45, 2.75) is 58.5 Å². The second-order valence-corrected chi connectivity index (χ2v) is 9.56. The molecule has 2 atom stereocenters. The van der Waals surface area contributed by atoms with Crippen LogP contribution >= 0.6 is 35.0 Å². The van der Waals surface area contributed by atoms with E-state index in [1.807, 2.05) is 51.1 Å². The number of halogens is 2. The summed E-state index contributed by atoms with van der Waals surface area (Å²) in [4.78, 5) is 27.5. The SMILES string of the molecule is CC[C@@H](C)NC(=O)[C@H](C)N(Cc1ccc(C)cc1)C(=O)CSCc1ccc(Cl)cc1Cl. The van der Waals surface area contributed by atoms with E-state index in [9.17, 15) is 9.59 Å². The fourth-order valence-electron chi connectivity index (χ4n) is 2.91. The lowest BCUT2D eigenvalue weighted by Crippen LogP contribution is -2.50. The van der Waals surface area contributed by atoms with Crippen LogP contribution in [0.2, 0.25) is 10.0 Å². The predicted molar refractivity (Wildman–Crippen MR) is 132 cm³/mol. The molecule has 2 amide bonds. The smallest absolute Gasteiger partial charge is 0.242 e. The van der Waals surface area contributed by atoms with Gasteiger partial charge in [-0.15, -0.1) is 11.8 Å². The minimum Gasteiger partial charge on any atom is -0.352 e. The number of benzene rings is 2. The molecule has 0 saturated carbocycles. The van der Waals surface area contributed by atoms with Gasteiger partial charge in [0, 0.05) is 28.4 Å². The van der Waals surface area contributed by atoms with Crippen molar-refractivity contribution in [2.24, 2.45) is 0 Å². The van der Waals surface area contributed by atoms with Crippen LogP contribution in [0.25, 0.3) is 0 Å². The summed E-state index contributed by atoms with van der Waals surface area (Å²) >= 11 is 13.7. The summed E-state index contributed by atoms with van der Waals surface area (Å²) in [6, 6.07) is 12.9. The minimum atomic E-state index is -0.567. The minimum absolute atomic E-state index is 0.0627. The topological polar surface area (TPSA) is 49.4 Å². The Hall–Kier alpha value is -1.69. The van der Waals surface area contributed by atoms with Crippen molar-refractivity contribution in [1.29, 1.82) is 0 Å². The van der Waals surface area contributed by atoms with Gasteiger partial charge in [-0.2, -0.15) is 0 Å². The number of hydrogen-bond donors (Lipinski definition) is 1. The number of aryl methyl sites for hydroxylation is 1. The fourth-order valence-corrected chi connectivity index (χ4v) is 4.38. The molecule has 0 unspecified atom stereocenters. The van der Waals surface area contributed by atoms with E-state index >= 15 is 0 Å². The fraction of sp³-hybridized carbons (Fsp3) is 0.417. The molecule has 168 valence electrons. The van der Waals surface area contributed by atoms with Crippen molar-refractivity contribution in [3.05, 3.63) is 69.2 Å². The molecule has 2 aromatic carbocycles. The molecule has 0 aliphatic heterocycles. The number of carbonyl (C=O) groups excluding carboxylic acids is 2. The first kappa shape index (κ1) is 25.6. The highest BCUT2D eigenvalue weighted by atomic mass is 35.5.